The predicted molar refractivity (Wildman–Crippen MR) is 116 cm³/mol. The number of benzene rings is 2. The van der Waals surface area contributed by atoms with Gasteiger partial charge < -0.3 is 23.7 Å². The molecule has 1 aliphatic heterocycles. The molecule has 1 fully saturated rings. The Bertz CT molecular complexity index is 718. The van der Waals surface area contributed by atoms with Gasteiger partial charge in [0, 0.05) is 19.6 Å². The molecule has 0 N–H and O–H groups in total. The lowest BCUT2D eigenvalue weighted by atomic mass is 10.1. The van der Waals surface area contributed by atoms with Crippen LogP contribution >= 0.6 is 0 Å². The third-order valence-electron chi connectivity index (χ3n) is 5.28. The molecule has 0 spiro atoms. The minimum atomic E-state index is -0.258. The van der Waals surface area contributed by atoms with Crippen LogP contribution in [0.25, 0.3) is 0 Å². The summed E-state index contributed by atoms with van der Waals surface area (Å²) in [5.41, 5.74) is 2.09. The van der Waals surface area contributed by atoms with Crippen molar-refractivity contribution in [1.29, 1.82) is 0 Å². The monoisotopic (exact) mass is 414 g/mol. The summed E-state index contributed by atoms with van der Waals surface area (Å²) in [6, 6.07) is 18.2. The molecule has 2 unspecified atom stereocenters. The van der Waals surface area contributed by atoms with Gasteiger partial charge in [-0.15, -0.1) is 0 Å². The summed E-state index contributed by atoms with van der Waals surface area (Å²) in [4.78, 5) is 0. The van der Waals surface area contributed by atoms with Crippen LogP contribution in [0.15, 0.2) is 54.6 Å². The Morgan fingerprint density at radius 1 is 0.900 bits per heavy atom. The Morgan fingerprint density at radius 2 is 1.60 bits per heavy atom. The van der Waals surface area contributed by atoms with Crippen LogP contribution in [0.3, 0.4) is 0 Å². The number of hydrogen-bond acceptors (Lipinski definition) is 5. The minimum absolute atomic E-state index is 0.120. The van der Waals surface area contributed by atoms with Crippen LogP contribution in [0.1, 0.15) is 43.7 Å². The molecule has 30 heavy (non-hydrogen) atoms. The van der Waals surface area contributed by atoms with E-state index in [1.54, 1.807) is 7.11 Å². The highest BCUT2D eigenvalue weighted by molar-refractivity contribution is 5.26. The van der Waals surface area contributed by atoms with Crippen molar-refractivity contribution in [2.24, 2.45) is 0 Å². The predicted octanol–water partition coefficient (Wildman–Crippen LogP) is 5.12. The average molecular weight is 415 g/mol. The molecule has 2 aromatic rings. The Labute approximate surface area is 180 Å². The second-order valence-electron chi connectivity index (χ2n) is 7.99. The molecule has 0 amide bonds. The molecule has 0 aliphatic carbocycles. The lowest BCUT2D eigenvalue weighted by Crippen LogP contribution is -2.29. The van der Waals surface area contributed by atoms with Crippen LogP contribution in [-0.2, 0) is 32.2 Å². The maximum atomic E-state index is 6.14. The zero-order chi connectivity index (χ0) is 21.1. The molecule has 2 atom stereocenters. The molecule has 1 saturated heterocycles. The second kappa shape index (κ2) is 12.1. The summed E-state index contributed by atoms with van der Waals surface area (Å²) in [6.07, 6.45) is 3.63. The number of ether oxygens (including phenoxy) is 5. The molecule has 5 nitrogen and oxygen atoms in total. The quantitative estimate of drug-likeness (QED) is 0.426. The highest BCUT2D eigenvalue weighted by Gasteiger charge is 2.36. The number of hydrogen-bond donors (Lipinski definition) is 0. The van der Waals surface area contributed by atoms with Crippen LogP contribution in [0.5, 0.6) is 5.75 Å². The average Bonchev–Trinajstić information content (AvgIpc) is 3.16. The van der Waals surface area contributed by atoms with Gasteiger partial charge >= 0.3 is 0 Å². The van der Waals surface area contributed by atoms with Crippen molar-refractivity contribution in [2.75, 3.05) is 26.9 Å². The normalized spacial score (nSPS) is 21.1. The van der Waals surface area contributed by atoms with Crippen molar-refractivity contribution in [3.63, 3.8) is 0 Å². The fourth-order valence-electron chi connectivity index (χ4n) is 3.41. The van der Waals surface area contributed by atoms with Crippen molar-refractivity contribution in [1.82, 2.24) is 0 Å². The van der Waals surface area contributed by atoms with Crippen molar-refractivity contribution in [3.8, 4) is 5.75 Å². The summed E-state index contributed by atoms with van der Waals surface area (Å²) in [6.45, 7) is 5.40. The highest BCUT2D eigenvalue weighted by atomic mass is 16.7. The third-order valence-corrected chi connectivity index (χ3v) is 5.28. The van der Waals surface area contributed by atoms with Crippen molar-refractivity contribution >= 4 is 0 Å². The van der Waals surface area contributed by atoms with E-state index in [0.29, 0.717) is 26.4 Å². The van der Waals surface area contributed by atoms with Crippen molar-refractivity contribution < 1.29 is 23.7 Å². The van der Waals surface area contributed by atoms with Gasteiger partial charge in [-0.05, 0) is 49.4 Å². The van der Waals surface area contributed by atoms with Gasteiger partial charge in [0.15, 0.2) is 6.29 Å². The Balaban J connectivity index is 1.22. The van der Waals surface area contributed by atoms with E-state index in [1.807, 2.05) is 42.5 Å². The van der Waals surface area contributed by atoms with Gasteiger partial charge in [0.1, 0.15) is 5.75 Å². The van der Waals surface area contributed by atoms with Gasteiger partial charge in [0.25, 0.3) is 0 Å². The molecule has 164 valence electrons. The third kappa shape index (κ3) is 7.73. The van der Waals surface area contributed by atoms with Crippen molar-refractivity contribution in [2.45, 2.75) is 57.7 Å². The van der Waals surface area contributed by atoms with E-state index in [1.165, 1.54) is 5.56 Å². The maximum absolute atomic E-state index is 6.14. The summed E-state index contributed by atoms with van der Waals surface area (Å²) in [5, 5.41) is 0. The SMILES string of the molecule is COc1ccc(COCCCCC2OCC(C)(CCOCc3ccccc3)O2)cc1. The standard InChI is InChI=1S/C25H34O5/c1-25(15-17-28-18-21-8-4-3-5-9-21)20-29-24(30-25)10-6-7-16-27-19-22-11-13-23(26-2)14-12-22/h3-5,8-9,11-14,24H,6-7,10,15-20H2,1-2H3. The first-order valence-corrected chi connectivity index (χ1v) is 10.8. The first kappa shape index (κ1) is 22.8. The molecule has 1 aliphatic rings. The van der Waals surface area contributed by atoms with Gasteiger partial charge in [-0.3, -0.25) is 0 Å². The molecule has 0 aromatic heterocycles. The summed E-state index contributed by atoms with van der Waals surface area (Å²) in [7, 11) is 1.67. The van der Waals surface area contributed by atoms with Gasteiger partial charge in [0.05, 0.1) is 32.5 Å². The zero-order valence-corrected chi connectivity index (χ0v) is 18.2. The molecule has 5 heteroatoms. The fraction of sp³-hybridized carbons (Fsp3) is 0.520. The smallest absolute Gasteiger partial charge is 0.158 e. The van der Waals surface area contributed by atoms with Gasteiger partial charge in [0.2, 0.25) is 0 Å². The van der Waals surface area contributed by atoms with Crippen LogP contribution in [0.4, 0.5) is 0 Å². The van der Waals surface area contributed by atoms with Crippen LogP contribution < -0.4 is 4.74 Å². The summed E-state index contributed by atoms with van der Waals surface area (Å²) >= 11 is 0. The van der Waals surface area contributed by atoms with E-state index in [0.717, 1.165) is 43.6 Å². The fourth-order valence-corrected chi connectivity index (χ4v) is 3.41. The van der Waals surface area contributed by atoms with E-state index in [-0.39, 0.29) is 11.9 Å². The second-order valence-corrected chi connectivity index (χ2v) is 7.99. The van der Waals surface area contributed by atoms with E-state index < -0.39 is 0 Å². The van der Waals surface area contributed by atoms with E-state index in [2.05, 4.69) is 19.1 Å². The number of methoxy groups -OCH3 is 1. The molecule has 0 saturated carbocycles. The molecule has 2 aromatic carbocycles. The molecule has 3 rings (SSSR count). The van der Waals surface area contributed by atoms with E-state index in [4.69, 9.17) is 23.7 Å². The van der Waals surface area contributed by atoms with Gasteiger partial charge in [-0.25, -0.2) is 0 Å². The summed E-state index contributed by atoms with van der Waals surface area (Å²) < 4.78 is 28.7. The Morgan fingerprint density at radius 3 is 2.33 bits per heavy atom. The molecule has 1 heterocycles. The van der Waals surface area contributed by atoms with Crippen molar-refractivity contribution in [3.05, 3.63) is 65.7 Å². The Hall–Kier alpha value is -1.92. The van der Waals surface area contributed by atoms with Gasteiger partial charge in [-0.2, -0.15) is 0 Å². The topological polar surface area (TPSA) is 46.2 Å². The zero-order valence-electron chi connectivity index (χ0n) is 18.2. The number of rotatable bonds is 13. The highest BCUT2D eigenvalue weighted by Crippen LogP contribution is 2.28. The first-order chi connectivity index (χ1) is 14.7. The largest absolute Gasteiger partial charge is 0.497 e. The Kier molecular flexibility index (Phi) is 9.15. The molecule has 0 radical (unpaired) electrons. The van der Waals surface area contributed by atoms with E-state index in [9.17, 15) is 0 Å². The number of unbranched alkanes of at least 4 members (excludes halogenated alkanes) is 1. The van der Waals surface area contributed by atoms with Crippen LogP contribution in [0, 0.1) is 0 Å². The van der Waals surface area contributed by atoms with Crippen LogP contribution in [-0.4, -0.2) is 38.8 Å². The van der Waals surface area contributed by atoms with E-state index >= 15 is 0 Å². The van der Waals surface area contributed by atoms with Crippen LogP contribution in [0.2, 0.25) is 0 Å². The molecular weight excluding hydrogens is 380 g/mol. The molecule has 0 bridgehead atoms. The van der Waals surface area contributed by atoms with Gasteiger partial charge in [-0.1, -0.05) is 42.5 Å². The molecular formula is C25H34O5. The first-order valence-electron chi connectivity index (χ1n) is 10.8. The minimum Gasteiger partial charge on any atom is -0.497 e. The maximum Gasteiger partial charge on any atom is 0.158 e. The lowest BCUT2D eigenvalue weighted by molar-refractivity contribution is -0.0961. The lowest BCUT2D eigenvalue weighted by Gasteiger charge is -2.22. The summed E-state index contributed by atoms with van der Waals surface area (Å²) in [5.74, 6) is 0.866.